The third kappa shape index (κ3) is 6.12. The first kappa shape index (κ1) is 21.9. The molecule has 0 amide bonds. The van der Waals surface area contributed by atoms with E-state index in [2.05, 4.69) is 74.2 Å². The largest absolute Gasteiger partial charge is 0.489 e. The molecule has 2 aliphatic carbocycles. The fraction of sp³-hybridized carbons (Fsp3) is 0.467. The average molecular weight is 415 g/mol. The standard InChI is InChI=1S/C30H38O/c1-3-4-5-24-8-10-25(11-9-24)22-31-30-20-18-29(19-21-30)28-16-14-27(15-17-28)26-12-6-23(2)7-13-26/h3,8-11,14,16,18-21,23,26-28H,1,4-7,12-13,15,17,22H2,2H3. The molecule has 2 atom stereocenters. The van der Waals surface area contributed by atoms with Crippen molar-refractivity contribution in [3.8, 4) is 5.75 Å². The number of ether oxygens (including phenoxy) is 1. The summed E-state index contributed by atoms with van der Waals surface area (Å²) in [5.74, 6) is 4.21. The molecule has 0 heterocycles. The summed E-state index contributed by atoms with van der Waals surface area (Å²) in [7, 11) is 0. The molecule has 0 aliphatic heterocycles. The molecule has 2 aromatic carbocycles. The Bertz CT molecular complexity index is 837. The van der Waals surface area contributed by atoms with Crippen LogP contribution in [0.3, 0.4) is 0 Å². The van der Waals surface area contributed by atoms with Gasteiger partial charge in [-0.3, -0.25) is 0 Å². The van der Waals surface area contributed by atoms with Crippen molar-refractivity contribution in [2.75, 3.05) is 0 Å². The van der Waals surface area contributed by atoms with Crippen molar-refractivity contribution in [3.05, 3.63) is 90.0 Å². The summed E-state index contributed by atoms with van der Waals surface area (Å²) in [6.45, 7) is 6.82. The van der Waals surface area contributed by atoms with Crippen molar-refractivity contribution < 1.29 is 4.74 Å². The molecule has 1 fully saturated rings. The average Bonchev–Trinajstić information content (AvgIpc) is 2.83. The van der Waals surface area contributed by atoms with Gasteiger partial charge in [-0.05, 0) is 85.1 Å². The predicted molar refractivity (Wildman–Crippen MR) is 131 cm³/mol. The molecule has 2 aliphatic rings. The van der Waals surface area contributed by atoms with Gasteiger partial charge in [-0.2, -0.15) is 0 Å². The van der Waals surface area contributed by atoms with Crippen molar-refractivity contribution in [1.82, 2.24) is 0 Å². The number of aryl methyl sites for hydroxylation is 1. The molecule has 0 spiro atoms. The molecule has 0 radical (unpaired) electrons. The number of hydrogen-bond donors (Lipinski definition) is 0. The van der Waals surface area contributed by atoms with E-state index in [0.717, 1.165) is 36.3 Å². The molecule has 0 N–H and O–H groups in total. The van der Waals surface area contributed by atoms with Crippen LogP contribution in [0.5, 0.6) is 5.75 Å². The number of allylic oxidation sites excluding steroid dienone is 3. The molecule has 1 heteroatoms. The molecule has 2 aromatic rings. The van der Waals surface area contributed by atoms with Crippen LogP contribution in [0.4, 0.5) is 0 Å². The fourth-order valence-electron chi connectivity index (χ4n) is 5.27. The quantitative estimate of drug-likeness (QED) is 0.395. The van der Waals surface area contributed by atoms with Crippen molar-refractivity contribution in [2.24, 2.45) is 17.8 Å². The lowest BCUT2D eigenvalue weighted by atomic mass is 9.71. The minimum atomic E-state index is 0.566. The highest BCUT2D eigenvalue weighted by Gasteiger charge is 2.27. The Balaban J connectivity index is 1.26. The van der Waals surface area contributed by atoms with Gasteiger partial charge in [0.05, 0.1) is 0 Å². The van der Waals surface area contributed by atoms with Crippen molar-refractivity contribution >= 4 is 0 Å². The van der Waals surface area contributed by atoms with Gasteiger partial charge in [-0.25, -0.2) is 0 Å². The Hall–Kier alpha value is -2.28. The second-order valence-corrected chi connectivity index (χ2v) is 9.75. The minimum Gasteiger partial charge on any atom is -0.489 e. The summed E-state index contributed by atoms with van der Waals surface area (Å²) >= 11 is 0. The molecule has 0 bridgehead atoms. The summed E-state index contributed by atoms with van der Waals surface area (Å²) in [6, 6.07) is 17.5. The summed E-state index contributed by atoms with van der Waals surface area (Å²) in [5, 5.41) is 0. The number of benzene rings is 2. The van der Waals surface area contributed by atoms with Crippen LogP contribution in [0.15, 0.2) is 73.3 Å². The molecule has 31 heavy (non-hydrogen) atoms. The smallest absolute Gasteiger partial charge is 0.119 e. The van der Waals surface area contributed by atoms with Crippen LogP contribution in [-0.4, -0.2) is 0 Å². The zero-order valence-corrected chi connectivity index (χ0v) is 19.1. The van der Waals surface area contributed by atoms with E-state index in [9.17, 15) is 0 Å². The summed E-state index contributed by atoms with van der Waals surface area (Å²) in [4.78, 5) is 0. The highest BCUT2D eigenvalue weighted by molar-refractivity contribution is 5.32. The molecule has 0 saturated heterocycles. The predicted octanol–water partition coefficient (Wildman–Crippen LogP) is 8.26. The van der Waals surface area contributed by atoms with Crippen molar-refractivity contribution in [1.29, 1.82) is 0 Å². The van der Waals surface area contributed by atoms with Crippen molar-refractivity contribution in [3.63, 3.8) is 0 Å². The Labute approximate surface area is 189 Å². The van der Waals surface area contributed by atoms with E-state index in [0.29, 0.717) is 12.5 Å². The van der Waals surface area contributed by atoms with Gasteiger partial charge in [0.15, 0.2) is 0 Å². The van der Waals surface area contributed by atoms with Gasteiger partial charge in [0.2, 0.25) is 0 Å². The molecule has 1 nitrogen and oxygen atoms in total. The monoisotopic (exact) mass is 414 g/mol. The number of rotatable bonds is 8. The minimum absolute atomic E-state index is 0.566. The van der Waals surface area contributed by atoms with Crippen LogP contribution in [0.25, 0.3) is 0 Å². The number of hydrogen-bond acceptors (Lipinski definition) is 1. The molecular weight excluding hydrogens is 376 g/mol. The fourth-order valence-corrected chi connectivity index (χ4v) is 5.27. The van der Waals surface area contributed by atoms with Crippen LogP contribution in [0.1, 0.15) is 74.5 Å². The van der Waals surface area contributed by atoms with E-state index in [4.69, 9.17) is 4.74 Å². The highest BCUT2D eigenvalue weighted by Crippen LogP contribution is 2.40. The first-order valence-corrected chi connectivity index (χ1v) is 12.3. The van der Waals surface area contributed by atoms with Gasteiger partial charge in [-0.15, -0.1) is 6.58 Å². The molecule has 0 aromatic heterocycles. The first-order chi connectivity index (χ1) is 15.2. The third-order valence-electron chi connectivity index (χ3n) is 7.44. The van der Waals surface area contributed by atoms with Crippen molar-refractivity contribution in [2.45, 2.75) is 70.8 Å². The van der Waals surface area contributed by atoms with Gasteiger partial charge in [-0.1, -0.05) is 74.4 Å². The zero-order valence-electron chi connectivity index (χ0n) is 19.1. The molecule has 2 unspecified atom stereocenters. The summed E-state index contributed by atoms with van der Waals surface area (Å²) < 4.78 is 6.03. The summed E-state index contributed by atoms with van der Waals surface area (Å²) in [6.07, 6.45) is 17.4. The van der Waals surface area contributed by atoms with Gasteiger partial charge in [0.25, 0.3) is 0 Å². The van der Waals surface area contributed by atoms with Crippen LogP contribution < -0.4 is 4.74 Å². The van der Waals surface area contributed by atoms with Gasteiger partial charge >= 0.3 is 0 Å². The lowest BCUT2D eigenvalue weighted by molar-refractivity contribution is 0.225. The van der Waals surface area contributed by atoms with E-state index in [1.807, 2.05) is 6.08 Å². The lowest BCUT2D eigenvalue weighted by Crippen LogP contribution is -2.22. The van der Waals surface area contributed by atoms with Crippen LogP contribution in [0, 0.1) is 17.8 Å². The Kier molecular flexibility index (Phi) is 7.67. The second-order valence-electron chi connectivity index (χ2n) is 9.75. The second kappa shape index (κ2) is 10.8. The van der Waals surface area contributed by atoms with E-state index in [1.165, 1.54) is 55.2 Å². The molecule has 1 saturated carbocycles. The highest BCUT2D eigenvalue weighted by atomic mass is 16.5. The lowest BCUT2D eigenvalue weighted by Gasteiger charge is -2.34. The molecule has 164 valence electrons. The van der Waals surface area contributed by atoms with Gasteiger partial charge in [0.1, 0.15) is 12.4 Å². The Morgan fingerprint density at radius 1 is 0.839 bits per heavy atom. The normalized spacial score (nSPS) is 25.8. The Morgan fingerprint density at radius 2 is 1.55 bits per heavy atom. The summed E-state index contributed by atoms with van der Waals surface area (Å²) in [5.41, 5.74) is 3.99. The SMILES string of the molecule is C=CCCc1ccc(COc2ccc(C3C=CC(C4CCC(C)CC4)CC3)cc2)cc1. The maximum absolute atomic E-state index is 6.03. The first-order valence-electron chi connectivity index (χ1n) is 12.3. The Morgan fingerprint density at radius 3 is 2.19 bits per heavy atom. The topological polar surface area (TPSA) is 9.23 Å². The van der Waals surface area contributed by atoms with E-state index >= 15 is 0 Å². The maximum atomic E-state index is 6.03. The van der Waals surface area contributed by atoms with Gasteiger partial charge in [0, 0.05) is 5.92 Å². The van der Waals surface area contributed by atoms with Crippen LogP contribution in [-0.2, 0) is 13.0 Å². The van der Waals surface area contributed by atoms with Gasteiger partial charge < -0.3 is 4.74 Å². The van der Waals surface area contributed by atoms with Crippen LogP contribution >= 0.6 is 0 Å². The van der Waals surface area contributed by atoms with E-state index < -0.39 is 0 Å². The molecular formula is C30H38O. The zero-order chi connectivity index (χ0) is 21.5. The molecule has 4 rings (SSSR count). The van der Waals surface area contributed by atoms with E-state index in [-0.39, 0.29) is 0 Å². The van der Waals surface area contributed by atoms with Crippen LogP contribution in [0.2, 0.25) is 0 Å². The van der Waals surface area contributed by atoms with E-state index in [1.54, 1.807) is 0 Å². The maximum Gasteiger partial charge on any atom is 0.119 e. The third-order valence-corrected chi connectivity index (χ3v) is 7.44.